The van der Waals surface area contributed by atoms with Crippen molar-refractivity contribution in [3.05, 3.63) is 0 Å². The van der Waals surface area contributed by atoms with Crippen LogP contribution in [0.3, 0.4) is 0 Å². The van der Waals surface area contributed by atoms with Crippen LogP contribution < -0.4 is 0 Å². The second-order valence-corrected chi connectivity index (χ2v) is 6.67. The molecule has 23 heavy (non-hydrogen) atoms. The highest BCUT2D eigenvalue weighted by Gasteiger charge is 2.38. The monoisotopic (exact) mass is 371 g/mol. The Labute approximate surface area is 135 Å². The molecule has 0 bridgehead atoms. The lowest BCUT2D eigenvalue weighted by molar-refractivity contribution is -0.921. The Hall–Kier alpha value is -0.480. The fraction of sp³-hybridized carbons (Fsp3) is 1.00. The molecule has 0 unspecified atom stereocenters. The fourth-order valence-electron chi connectivity index (χ4n) is 1.96. The molecule has 0 saturated carbocycles. The number of nitrogens with zero attached hydrogens (tertiary/aromatic N) is 1. The first-order valence-corrected chi connectivity index (χ1v) is 8.86. The molecule has 0 aromatic heterocycles. The lowest BCUT2D eigenvalue weighted by atomic mass is 10.2. The van der Waals surface area contributed by atoms with Crippen LogP contribution in [0.4, 0.5) is 22.0 Å². The predicted octanol–water partition coefficient (Wildman–Crippen LogP) is 3.74. The molecule has 0 rings (SSSR count). The zero-order valence-electron chi connectivity index (χ0n) is 13.9. The second-order valence-electron chi connectivity index (χ2n) is 5.17. The number of hydrogen-bond acceptors (Lipinski definition) is 3. The van der Waals surface area contributed by atoms with Crippen molar-refractivity contribution in [3.8, 4) is 0 Å². The number of quaternary nitrogens is 1. The maximum absolute atomic E-state index is 12.2. The van der Waals surface area contributed by atoms with Crippen LogP contribution in [0.2, 0.25) is 0 Å². The minimum atomic E-state index is -5.87. The molecule has 0 aliphatic carbocycles. The van der Waals surface area contributed by atoms with E-state index < -0.39 is 40.8 Å². The minimum absolute atomic E-state index is 1.10. The molecular weight excluding hydrogens is 345 g/mol. The molecule has 0 spiro atoms. The van der Waals surface area contributed by atoms with Crippen molar-refractivity contribution in [1.29, 1.82) is 0 Å². The maximum Gasteiger partial charge on any atom is 0.389 e. The van der Waals surface area contributed by atoms with Gasteiger partial charge < -0.3 is 9.04 Å². The van der Waals surface area contributed by atoms with Gasteiger partial charge in [-0.25, -0.2) is 8.42 Å². The molecule has 10 heteroatoms. The first-order valence-electron chi connectivity index (χ1n) is 7.45. The number of hydrogen-bond donors (Lipinski definition) is 0. The van der Waals surface area contributed by atoms with Crippen LogP contribution in [0, 0.1) is 0 Å². The summed E-state index contributed by atoms with van der Waals surface area (Å²) >= 11 is 0. The predicted molar refractivity (Wildman–Crippen MR) is 77.0 cm³/mol. The molecule has 0 radical (unpaired) electrons. The van der Waals surface area contributed by atoms with Gasteiger partial charge in [0.15, 0.2) is 10.1 Å². The van der Waals surface area contributed by atoms with Crippen LogP contribution >= 0.6 is 0 Å². The van der Waals surface area contributed by atoms with Crippen LogP contribution in [0.15, 0.2) is 0 Å². The Morgan fingerprint density at radius 1 is 0.826 bits per heavy atom. The van der Waals surface area contributed by atoms with Gasteiger partial charge in [0.05, 0.1) is 26.2 Å². The molecule has 0 amide bonds. The molecule has 0 aliphatic heterocycles. The van der Waals surface area contributed by atoms with Crippen molar-refractivity contribution in [1.82, 2.24) is 0 Å². The first kappa shape index (κ1) is 24.8. The largest absolute Gasteiger partial charge is 0.743 e. The highest BCUT2D eigenvalue weighted by molar-refractivity contribution is 7.86. The van der Waals surface area contributed by atoms with Gasteiger partial charge in [-0.3, -0.25) is 0 Å². The van der Waals surface area contributed by atoms with Gasteiger partial charge in [-0.2, -0.15) is 22.0 Å². The van der Waals surface area contributed by atoms with E-state index in [-0.39, 0.29) is 0 Å². The summed E-state index contributed by atoms with van der Waals surface area (Å²) < 4.78 is 89.6. The van der Waals surface area contributed by atoms with E-state index in [4.69, 9.17) is 0 Å². The molecule has 0 N–H and O–H groups in total. The Morgan fingerprint density at radius 2 is 1.17 bits per heavy atom. The van der Waals surface area contributed by atoms with Crippen LogP contribution in [-0.2, 0) is 10.1 Å². The first-order chi connectivity index (χ1) is 10.2. The molecule has 0 aromatic rings. The molecular formula is C13H26F5NO3S. The van der Waals surface area contributed by atoms with Gasteiger partial charge >= 0.3 is 11.4 Å². The van der Waals surface area contributed by atoms with E-state index in [1.54, 1.807) is 0 Å². The number of halogens is 5. The van der Waals surface area contributed by atoms with Crippen LogP contribution in [0.1, 0.15) is 47.0 Å². The quantitative estimate of drug-likeness (QED) is 0.371. The van der Waals surface area contributed by atoms with Crippen molar-refractivity contribution in [2.75, 3.05) is 26.2 Å². The fourth-order valence-corrected chi connectivity index (χ4v) is 2.36. The van der Waals surface area contributed by atoms with E-state index >= 15 is 0 Å². The Morgan fingerprint density at radius 3 is 1.35 bits per heavy atom. The van der Waals surface area contributed by atoms with Crippen molar-refractivity contribution >= 4 is 10.1 Å². The van der Waals surface area contributed by atoms with E-state index in [2.05, 4.69) is 27.7 Å². The topological polar surface area (TPSA) is 57.2 Å². The summed E-state index contributed by atoms with van der Waals surface area (Å²) in [6.07, 6.45) is -8.89. The van der Waals surface area contributed by atoms with Gasteiger partial charge in [-0.1, -0.05) is 0 Å². The minimum Gasteiger partial charge on any atom is -0.743 e. The summed E-state index contributed by atoms with van der Waals surface area (Å²) in [7, 11) is -5.87. The van der Waals surface area contributed by atoms with E-state index in [0.29, 0.717) is 0 Å². The second kappa shape index (κ2) is 9.73. The molecule has 0 aromatic carbocycles. The third-order valence-electron chi connectivity index (χ3n) is 3.98. The van der Waals surface area contributed by atoms with Crippen molar-refractivity contribution in [2.45, 2.75) is 58.4 Å². The van der Waals surface area contributed by atoms with Gasteiger partial charge in [0, 0.05) is 12.8 Å². The highest BCUT2D eigenvalue weighted by atomic mass is 32.2. The van der Waals surface area contributed by atoms with Crippen LogP contribution in [-0.4, -0.2) is 55.1 Å². The van der Waals surface area contributed by atoms with Crippen molar-refractivity contribution < 1.29 is 39.4 Å². The Kier molecular flexibility index (Phi) is 10.5. The lowest BCUT2D eigenvalue weighted by Crippen LogP contribution is -2.47. The van der Waals surface area contributed by atoms with Crippen LogP contribution in [0.5, 0.6) is 0 Å². The summed E-state index contributed by atoms with van der Waals surface area (Å²) in [5, 5.41) is -4.63. The summed E-state index contributed by atoms with van der Waals surface area (Å²) in [6.45, 7) is 14.2. The summed E-state index contributed by atoms with van der Waals surface area (Å²) in [6, 6.07) is 0. The van der Waals surface area contributed by atoms with Gasteiger partial charge in [0.1, 0.15) is 0 Å². The molecule has 0 atom stereocenters. The number of alkyl halides is 5. The highest BCUT2D eigenvalue weighted by Crippen LogP contribution is 2.30. The van der Waals surface area contributed by atoms with E-state index in [0.717, 1.165) is 0 Å². The van der Waals surface area contributed by atoms with Gasteiger partial charge in [-0.15, -0.1) is 0 Å². The van der Waals surface area contributed by atoms with E-state index in [9.17, 15) is 34.9 Å². The lowest BCUT2D eigenvalue weighted by Gasteiger charge is -2.34. The number of rotatable bonds is 8. The average Bonchev–Trinajstić information content (AvgIpc) is 2.40. The molecule has 0 aliphatic rings. The van der Waals surface area contributed by atoms with Gasteiger partial charge in [0.2, 0.25) is 0 Å². The molecule has 0 saturated heterocycles. The summed E-state index contributed by atoms with van der Waals surface area (Å²) in [5.74, 6) is 0. The maximum atomic E-state index is 12.2. The molecule has 142 valence electrons. The Bertz CT molecular complexity index is 402. The smallest absolute Gasteiger partial charge is 0.389 e. The van der Waals surface area contributed by atoms with E-state index in [1.807, 2.05) is 0 Å². The van der Waals surface area contributed by atoms with Gasteiger partial charge in [0.25, 0.3) is 0 Å². The van der Waals surface area contributed by atoms with Crippen molar-refractivity contribution in [2.24, 2.45) is 0 Å². The van der Waals surface area contributed by atoms with Gasteiger partial charge in [-0.05, 0) is 34.1 Å². The standard InChI is InChI=1S/C8H20N.C5H7F5O3S/c1-5-9(6-2,7-3)8-4;6-4(7,8)2-1-3-5(9,10)14(11,12)13/h5-8H2,1-4H3;1-3H2,(H,11,12,13)/q+1;/p-1. The zero-order chi connectivity index (χ0) is 18.9. The third-order valence-corrected chi connectivity index (χ3v) is 4.91. The third kappa shape index (κ3) is 10.1. The molecule has 0 heterocycles. The summed E-state index contributed by atoms with van der Waals surface area (Å²) in [5.41, 5.74) is 0. The normalized spacial score (nSPS) is 13.5. The van der Waals surface area contributed by atoms with Crippen LogP contribution in [0.25, 0.3) is 0 Å². The van der Waals surface area contributed by atoms with E-state index in [1.165, 1.54) is 30.7 Å². The molecule has 4 nitrogen and oxygen atoms in total. The average molecular weight is 371 g/mol. The summed E-state index contributed by atoms with van der Waals surface area (Å²) in [4.78, 5) is 0. The zero-order valence-corrected chi connectivity index (χ0v) is 14.7. The Balaban J connectivity index is 0. The molecule has 0 fully saturated rings. The van der Waals surface area contributed by atoms with Crippen molar-refractivity contribution in [3.63, 3.8) is 0 Å². The SMILES string of the molecule is CC[N+](CC)(CC)CC.O=S(=O)([O-])C(F)(F)CCCC(F)(F)F.